The van der Waals surface area contributed by atoms with Crippen LogP contribution in [0.25, 0.3) is 5.65 Å². The number of carboxylic acids is 1. The molecule has 0 radical (unpaired) electrons. The third-order valence-electron chi connectivity index (χ3n) is 2.08. The predicted molar refractivity (Wildman–Crippen MR) is 49.7 cm³/mol. The minimum absolute atomic E-state index is 0.247. The SMILES string of the molecule is NC(C(=O)O)c1cnc2ccc(F)cn12. The lowest BCUT2D eigenvalue weighted by Crippen LogP contribution is -2.22. The first-order valence-corrected chi connectivity index (χ1v) is 4.20. The molecule has 2 heterocycles. The Labute approximate surface area is 84.0 Å². The first kappa shape index (κ1) is 9.60. The number of fused-ring (bicyclic) bond motifs is 1. The Kier molecular flexibility index (Phi) is 2.12. The molecule has 15 heavy (non-hydrogen) atoms. The first-order valence-electron chi connectivity index (χ1n) is 4.20. The zero-order valence-electron chi connectivity index (χ0n) is 7.59. The van der Waals surface area contributed by atoms with Crippen molar-refractivity contribution in [2.75, 3.05) is 0 Å². The van der Waals surface area contributed by atoms with Crippen LogP contribution in [0.5, 0.6) is 0 Å². The van der Waals surface area contributed by atoms with Crippen LogP contribution in [-0.4, -0.2) is 20.5 Å². The lowest BCUT2D eigenvalue weighted by atomic mass is 10.2. The van der Waals surface area contributed by atoms with Crippen molar-refractivity contribution >= 4 is 11.6 Å². The highest BCUT2D eigenvalue weighted by Crippen LogP contribution is 2.14. The van der Waals surface area contributed by atoms with E-state index in [1.807, 2.05) is 0 Å². The van der Waals surface area contributed by atoms with Crippen LogP contribution >= 0.6 is 0 Å². The van der Waals surface area contributed by atoms with E-state index in [1.165, 1.54) is 22.7 Å². The fraction of sp³-hybridized carbons (Fsp3) is 0.111. The zero-order valence-corrected chi connectivity index (χ0v) is 7.59. The van der Waals surface area contributed by atoms with Gasteiger partial charge in [0, 0.05) is 6.20 Å². The average Bonchev–Trinajstić information content (AvgIpc) is 2.59. The van der Waals surface area contributed by atoms with Crippen LogP contribution in [0, 0.1) is 5.82 Å². The van der Waals surface area contributed by atoms with Crippen molar-refractivity contribution in [3.63, 3.8) is 0 Å². The zero-order chi connectivity index (χ0) is 11.0. The maximum absolute atomic E-state index is 12.9. The monoisotopic (exact) mass is 209 g/mol. The van der Waals surface area contributed by atoms with Crippen molar-refractivity contribution in [3.05, 3.63) is 36.0 Å². The van der Waals surface area contributed by atoms with Gasteiger partial charge in [-0.3, -0.25) is 9.20 Å². The molecular formula is C9H8FN3O2. The molecule has 0 amide bonds. The summed E-state index contributed by atoms with van der Waals surface area (Å²) in [4.78, 5) is 14.6. The Balaban J connectivity index is 2.61. The Morgan fingerprint density at radius 2 is 2.33 bits per heavy atom. The molecule has 0 saturated carbocycles. The maximum Gasteiger partial charge on any atom is 0.326 e. The van der Waals surface area contributed by atoms with Gasteiger partial charge in [-0.25, -0.2) is 9.37 Å². The number of pyridine rings is 1. The molecule has 0 spiro atoms. The van der Waals surface area contributed by atoms with Gasteiger partial charge in [0.1, 0.15) is 17.5 Å². The topological polar surface area (TPSA) is 80.6 Å². The number of hydrogen-bond donors (Lipinski definition) is 2. The fourth-order valence-corrected chi connectivity index (χ4v) is 1.33. The van der Waals surface area contributed by atoms with Gasteiger partial charge in [0.15, 0.2) is 0 Å². The Morgan fingerprint density at radius 3 is 3.00 bits per heavy atom. The van der Waals surface area contributed by atoms with E-state index in [2.05, 4.69) is 4.98 Å². The van der Waals surface area contributed by atoms with Gasteiger partial charge >= 0.3 is 5.97 Å². The van der Waals surface area contributed by atoms with Crippen molar-refractivity contribution in [1.82, 2.24) is 9.38 Å². The molecule has 2 rings (SSSR count). The molecule has 5 nitrogen and oxygen atoms in total. The number of aromatic nitrogens is 2. The van der Waals surface area contributed by atoms with Crippen molar-refractivity contribution < 1.29 is 14.3 Å². The smallest absolute Gasteiger partial charge is 0.326 e. The van der Waals surface area contributed by atoms with Crippen molar-refractivity contribution in [1.29, 1.82) is 0 Å². The van der Waals surface area contributed by atoms with Gasteiger partial charge in [-0.05, 0) is 12.1 Å². The Hall–Kier alpha value is -1.95. The number of carbonyl (C=O) groups is 1. The van der Waals surface area contributed by atoms with Gasteiger partial charge in [0.05, 0.1) is 11.9 Å². The number of nitrogens with zero attached hydrogens (tertiary/aromatic N) is 2. The second-order valence-electron chi connectivity index (χ2n) is 3.07. The second kappa shape index (κ2) is 3.32. The standard InChI is InChI=1S/C9H8FN3O2/c10-5-1-2-7-12-3-6(13(7)4-5)8(11)9(14)15/h1-4,8H,11H2,(H,14,15). The number of carboxylic acid groups (broad SMARTS) is 1. The van der Waals surface area contributed by atoms with Crippen LogP contribution in [-0.2, 0) is 4.79 Å². The summed E-state index contributed by atoms with van der Waals surface area (Å²) in [6.07, 6.45) is 2.48. The first-order chi connectivity index (χ1) is 7.09. The molecule has 78 valence electrons. The second-order valence-corrected chi connectivity index (χ2v) is 3.07. The Bertz CT molecular complexity index is 523. The Morgan fingerprint density at radius 1 is 1.60 bits per heavy atom. The van der Waals surface area contributed by atoms with Crippen LogP contribution < -0.4 is 5.73 Å². The molecule has 0 aliphatic carbocycles. The lowest BCUT2D eigenvalue weighted by Gasteiger charge is -2.05. The molecule has 2 aromatic heterocycles. The van der Waals surface area contributed by atoms with E-state index in [0.29, 0.717) is 5.65 Å². The molecule has 0 fully saturated rings. The highest BCUT2D eigenvalue weighted by molar-refractivity contribution is 5.74. The molecule has 1 unspecified atom stereocenters. The van der Waals surface area contributed by atoms with Gasteiger partial charge in [-0.15, -0.1) is 0 Å². The van der Waals surface area contributed by atoms with Gasteiger partial charge < -0.3 is 10.8 Å². The summed E-state index contributed by atoms with van der Waals surface area (Å²) in [6.45, 7) is 0. The molecule has 1 atom stereocenters. The largest absolute Gasteiger partial charge is 0.480 e. The quantitative estimate of drug-likeness (QED) is 0.757. The van der Waals surface area contributed by atoms with Gasteiger partial charge in [0.2, 0.25) is 0 Å². The van der Waals surface area contributed by atoms with Gasteiger partial charge in [-0.1, -0.05) is 0 Å². The number of halogens is 1. The number of rotatable bonds is 2. The molecule has 3 N–H and O–H groups in total. The van der Waals surface area contributed by atoms with E-state index in [-0.39, 0.29) is 5.69 Å². The number of imidazole rings is 1. The summed E-state index contributed by atoms with van der Waals surface area (Å²) in [5.41, 5.74) is 6.12. The third kappa shape index (κ3) is 1.55. The maximum atomic E-state index is 12.9. The summed E-state index contributed by atoms with van der Waals surface area (Å²) in [5, 5.41) is 8.72. The van der Waals surface area contributed by atoms with E-state index in [1.54, 1.807) is 0 Å². The van der Waals surface area contributed by atoms with E-state index >= 15 is 0 Å². The van der Waals surface area contributed by atoms with Crippen molar-refractivity contribution in [2.24, 2.45) is 5.73 Å². The summed E-state index contributed by atoms with van der Waals surface area (Å²) in [6, 6.07) is 1.49. The molecule has 0 aliphatic rings. The van der Waals surface area contributed by atoms with Crippen LogP contribution in [0.1, 0.15) is 11.7 Å². The summed E-state index contributed by atoms with van der Waals surface area (Å²) in [5.74, 6) is -1.65. The number of nitrogens with two attached hydrogens (primary N) is 1. The normalized spacial score (nSPS) is 12.9. The summed E-state index contributed by atoms with van der Waals surface area (Å²) >= 11 is 0. The van der Waals surface area contributed by atoms with Gasteiger partial charge in [0.25, 0.3) is 0 Å². The lowest BCUT2D eigenvalue weighted by molar-refractivity contribution is -0.138. The number of hydrogen-bond acceptors (Lipinski definition) is 3. The highest BCUT2D eigenvalue weighted by atomic mass is 19.1. The molecule has 0 bridgehead atoms. The molecule has 0 saturated heterocycles. The minimum atomic E-state index is -1.21. The van der Waals surface area contributed by atoms with Crippen LogP contribution in [0.3, 0.4) is 0 Å². The average molecular weight is 209 g/mol. The van der Waals surface area contributed by atoms with Gasteiger partial charge in [-0.2, -0.15) is 0 Å². The molecule has 2 aromatic rings. The van der Waals surface area contributed by atoms with E-state index in [0.717, 1.165) is 6.20 Å². The highest BCUT2D eigenvalue weighted by Gasteiger charge is 2.18. The third-order valence-corrected chi connectivity index (χ3v) is 2.08. The summed E-state index contributed by atoms with van der Waals surface area (Å²) in [7, 11) is 0. The minimum Gasteiger partial charge on any atom is -0.480 e. The van der Waals surface area contributed by atoms with Crippen LogP contribution in [0.15, 0.2) is 24.5 Å². The molecular weight excluding hydrogens is 201 g/mol. The van der Waals surface area contributed by atoms with E-state index < -0.39 is 17.8 Å². The van der Waals surface area contributed by atoms with E-state index in [4.69, 9.17) is 10.8 Å². The predicted octanol–water partition coefficient (Wildman–Crippen LogP) is 0.558. The molecule has 6 heteroatoms. The van der Waals surface area contributed by atoms with Crippen LogP contribution in [0.4, 0.5) is 4.39 Å². The molecule has 0 aromatic carbocycles. The summed E-state index contributed by atoms with van der Waals surface area (Å²) < 4.78 is 14.2. The van der Waals surface area contributed by atoms with Crippen molar-refractivity contribution in [3.8, 4) is 0 Å². The number of aliphatic carboxylic acids is 1. The molecule has 0 aliphatic heterocycles. The van der Waals surface area contributed by atoms with Crippen molar-refractivity contribution in [2.45, 2.75) is 6.04 Å². The van der Waals surface area contributed by atoms with E-state index in [9.17, 15) is 9.18 Å². The fourth-order valence-electron chi connectivity index (χ4n) is 1.33. The van der Waals surface area contributed by atoms with Crippen LogP contribution in [0.2, 0.25) is 0 Å².